The van der Waals surface area contributed by atoms with E-state index in [2.05, 4.69) is 5.32 Å². The maximum atomic E-state index is 13.7. The summed E-state index contributed by atoms with van der Waals surface area (Å²) in [4.78, 5) is 28.8. The van der Waals surface area contributed by atoms with Crippen LogP contribution < -0.4 is 5.32 Å². The Morgan fingerprint density at radius 1 is 0.892 bits per heavy atom. The van der Waals surface area contributed by atoms with E-state index in [1.165, 1.54) is 11.8 Å². The van der Waals surface area contributed by atoms with Crippen molar-refractivity contribution in [3.05, 3.63) is 105 Å². The van der Waals surface area contributed by atoms with E-state index in [-0.39, 0.29) is 30.0 Å². The molecule has 0 heterocycles. The zero-order chi connectivity index (χ0) is 26.8. The third kappa shape index (κ3) is 9.26. The maximum Gasteiger partial charge on any atom is 0.243 e. The van der Waals surface area contributed by atoms with Crippen molar-refractivity contribution < 1.29 is 9.59 Å². The van der Waals surface area contributed by atoms with Crippen LogP contribution in [0, 0.1) is 5.92 Å². The molecule has 0 radical (unpaired) electrons. The lowest BCUT2D eigenvalue weighted by molar-refractivity contribution is -0.139. The van der Waals surface area contributed by atoms with Gasteiger partial charge in [-0.2, -0.15) is 0 Å². The van der Waals surface area contributed by atoms with Crippen molar-refractivity contribution >= 4 is 58.4 Å². The Balaban J connectivity index is 1.88. The van der Waals surface area contributed by atoms with E-state index in [0.717, 1.165) is 16.7 Å². The van der Waals surface area contributed by atoms with Crippen LogP contribution in [0.1, 0.15) is 30.5 Å². The fraction of sp³-hybridized carbons (Fsp3) is 0.310. The van der Waals surface area contributed by atoms with Gasteiger partial charge in [-0.25, -0.2) is 0 Å². The number of benzene rings is 3. The van der Waals surface area contributed by atoms with E-state index >= 15 is 0 Å². The number of halogens is 3. The Labute approximate surface area is 238 Å². The fourth-order valence-electron chi connectivity index (χ4n) is 3.76. The van der Waals surface area contributed by atoms with Gasteiger partial charge in [-0.1, -0.05) is 103 Å². The van der Waals surface area contributed by atoms with Crippen molar-refractivity contribution in [1.82, 2.24) is 10.2 Å². The smallest absolute Gasteiger partial charge is 0.243 e. The molecule has 1 N–H and O–H groups in total. The molecule has 0 saturated carbocycles. The van der Waals surface area contributed by atoms with Gasteiger partial charge < -0.3 is 10.2 Å². The first-order valence-corrected chi connectivity index (χ1v) is 14.4. The van der Waals surface area contributed by atoms with Crippen LogP contribution in [0.3, 0.4) is 0 Å². The van der Waals surface area contributed by atoms with Crippen LogP contribution in [0.25, 0.3) is 0 Å². The van der Waals surface area contributed by atoms with Gasteiger partial charge in [0.25, 0.3) is 0 Å². The molecule has 1 atom stereocenters. The van der Waals surface area contributed by atoms with Crippen molar-refractivity contribution in [2.45, 2.75) is 38.6 Å². The molecule has 0 bridgehead atoms. The molecule has 0 aliphatic carbocycles. The summed E-state index contributed by atoms with van der Waals surface area (Å²) in [5.41, 5.74) is 2.66. The molecule has 0 aliphatic heterocycles. The van der Waals surface area contributed by atoms with Crippen LogP contribution in [0.4, 0.5) is 0 Å². The summed E-state index contributed by atoms with van der Waals surface area (Å²) >= 11 is 20.3. The average Bonchev–Trinajstić information content (AvgIpc) is 2.87. The Morgan fingerprint density at radius 3 is 2.27 bits per heavy atom. The fourth-order valence-corrected chi connectivity index (χ4v) is 5.42. The highest BCUT2D eigenvalue weighted by Gasteiger charge is 2.30. The molecule has 196 valence electrons. The number of carbonyl (C=O) groups is 2. The van der Waals surface area contributed by atoms with Gasteiger partial charge >= 0.3 is 0 Å². The molecule has 0 saturated heterocycles. The minimum Gasteiger partial charge on any atom is -0.354 e. The second kappa shape index (κ2) is 14.7. The van der Waals surface area contributed by atoms with Crippen LogP contribution in [-0.2, 0) is 28.3 Å². The predicted molar refractivity (Wildman–Crippen MR) is 156 cm³/mol. The molecule has 3 rings (SSSR count). The van der Waals surface area contributed by atoms with Gasteiger partial charge in [0.15, 0.2) is 0 Å². The zero-order valence-electron chi connectivity index (χ0n) is 20.9. The molecule has 0 spiro atoms. The maximum absolute atomic E-state index is 13.7. The molecular weight excluding hydrogens is 547 g/mol. The SMILES string of the molecule is CC(C)CNC(=O)C(Cc1ccccc1)N(Cc1ccc(Cl)cc1Cl)C(=O)CSCc1ccccc1Cl. The largest absolute Gasteiger partial charge is 0.354 e. The standard InChI is InChI=1S/C29H31Cl3N2O2S/c1-20(2)16-33-29(36)27(14-21-8-4-3-5-9-21)34(17-22-12-13-24(30)15-26(22)32)28(35)19-37-18-23-10-6-7-11-25(23)31/h3-13,15,20,27H,14,16-19H2,1-2H3,(H,33,36). The van der Waals surface area contributed by atoms with Crippen molar-refractivity contribution in [1.29, 1.82) is 0 Å². The minimum absolute atomic E-state index is 0.149. The van der Waals surface area contributed by atoms with Crippen LogP contribution in [0.2, 0.25) is 15.1 Å². The van der Waals surface area contributed by atoms with Gasteiger partial charge in [0.05, 0.1) is 5.75 Å². The Bertz CT molecular complexity index is 1190. The predicted octanol–water partition coefficient (Wildman–Crippen LogP) is 7.29. The first kappa shape index (κ1) is 29.4. The third-order valence-electron chi connectivity index (χ3n) is 5.75. The zero-order valence-corrected chi connectivity index (χ0v) is 24.0. The minimum atomic E-state index is -0.707. The monoisotopic (exact) mass is 576 g/mol. The number of nitrogens with zero attached hydrogens (tertiary/aromatic N) is 1. The third-order valence-corrected chi connectivity index (χ3v) is 7.67. The highest BCUT2D eigenvalue weighted by atomic mass is 35.5. The second-order valence-corrected chi connectivity index (χ2v) is 11.4. The van der Waals surface area contributed by atoms with Gasteiger partial charge in [-0.05, 0) is 40.8 Å². The van der Waals surface area contributed by atoms with Crippen molar-refractivity contribution in [3.8, 4) is 0 Å². The Morgan fingerprint density at radius 2 is 1.59 bits per heavy atom. The van der Waals surface area contributed by atoms with Gasteiger partial charge in [0.2, 0.25) is 11.8 Å². The summed E-state index contributed by atoms with van der Waals surface area (Å²) in [7, 11) is 0. The molecule has 0 fully saturated rings. The highest BCUT2D eigenvalue weighted by Crippen LogP contribution is 2.26. The molecule has 3 aromatic carbocycles. The van der Waals surface area contributed by atoms with E-state index in [9.17, 15) is 9.59 Å². The van der Waals surface area contributed by atoms with Crippen LogP contribution >= 0.6 is 46.6 Å². The quantitative estimate of drug-likeness (QED) is 0.246. The van der Waals surface area contributed by atoms with Gasteiger partial charge in [-0.15, -0.1) is 11.8 Å². The second-order valence-electron chi connectivity index (χ2n) is 9.19. The number of nitrogens with one attached hydrogen (secondary N) is 1. The highest BCUT2D eigenvalue weighted by molar-refractivity contribution is 7.99. The number of amides is 2. The molecule has 0 aliphatic rings. The summed E-state index contributed by atoms with van der Waals surface area (Å²) in [5.74, 6) is 0.724. The molecule has 2 amide bonds. The summed E-state index contributed by atoms with van der Waals surface area (Å²) in [6.45, 7) is 4.78. The van der Waals surface area contributed by atoms with Crippen LogP contribution in [0.15, 0.2) is 72.8 Å². The van der Waals surface area contributed by atoms with E-state index in [1.807, 2.05) is 68.4 Å². The first-order chi connectivity index (χ1) is 17.7. The number of carbonyl (C=O) groups excluding carboxylic acids is 2. The molecule has 8 heteroatoms. The van der Waals surface area contributed by atoms with Crippen molar-refractivity contribution in [2.24, 2.45) is 5.92 Å². The molecule has 4 nitrogen and oxygen atoms in total. The summed E-state index contributed by atoms with van der Waals surface area (Å²) in [6.07, 6.45) is 0.386. The number of thioether (sulfide) groups is 1. The molecule has 1 unspecified atom stereocenters. The van der Waals surface area contributed by atoms with E-state index < -0.39 is 6.04 Å². The summed E-state index contributed by atoms with van der Waals surface area (Å²) in [6, 6.07) is 21.8. The van der Waals surface area contributed by atoms with E-state index in [0.29, 0.717) is 33.8 Å². The molecule has 37 heavy (non-hydrogen) atoms. The number of rotatable bonds is 12. The molecule has 0 aromatic heterocycles. The summed E-state index contributed by atoms with van der Waals surface area (Å²) < 4.78 is 0. The van der Waals surface area contributed by atoms with Crippen LogP contribution in [-0.4, -0.2) is 35.1 Å². The van der Waals surface area contributed by atoms with Crippen molar-refractivity contribution in [3.63, 3.8) is 0 Å². The van der Waals surface area contributed by atoms with E-state index in [1.54, 1.807) is 23.1 Å². The van der Waals surface area contributed by atoms with Gasteiger partial charge in [0, 0.05) is 40.3 Å². The average molecular weight is 578 g/mol. The van der Waals surface area contributed by atoms with Crippen molar-refractivity contribution in [2.75, 3.05) is 12.3 Å². The van der Waals surface area contributed by atoms with Crippen LogP contribution in [0.5, 0.6) is 0 Å². The molecular formula is C29H31Cl3N2O2S. The lowest BCUT2D eigenvalue weighted by Crippen LogP contribution is -2.51. The Kier molecular flexibility index (Phi) is 11.7. The van der Waals surface area contributed by atoms with E-state index in [4.69, 9.17) is 34.8 Å². The number of hydrogen-bond acceptors (Lipinski definition) is 3. The first-order valence-electron chi connectivity index (χ1n) is 12.1. The normalized spacial score (nSPS) is 11.8. The Hall–Kier alpha value is -2.18. The van der Waals surface area contributed by atoms with Gasteiger partial charge in [-0.3, -0.25) is 9.59 Å². The lowest BCUT2D eigenvalue weighted by atomic mass is 10.0. The number of hydrogen-bond donors (Lipinski definition) is 1. The summed E-state index contributed by atoms with van der Waals surface area (Å²) in [5, 5.41) is 4.66. The lowest BCUT2D eigenvalue weighted by Gasteiger charge is -2.32. The molecule has 3 aromatic rings. The topological polar surface area (TPSA) is 49.4 Å². The van der Waals surface area contributed by atoms with Gasteiger partial charge in [0.1, 0.15) is 6.04 Å².